The second-order valence-corrected chi connectivity index (χ2v) is 25.2. The zero-order valence-corrected chi connectivity index (χ0v) is 57.7. The third kappa shape index (κ3) is 34.8. The van der Waals surface area contributed by atoms with Gasteiger partial charge in [-0.3, -0.25) is 43.2 Å². The number of unbranched alkanes of at least 4 members (excludes halogenated alkanes) is 2. The van der Waals surface area contributed by atoms with Gasteiger partial charge in [0.2, 0.25) is 53.2 Å². The van der Waals surface area contributed by atoms with Crippen molar-refractivity contribution in [2.45, 2.75) is 216 Å². The van der Waals surface area contributed by atoms with Gasteiger partial charge in [-0.05, 0) is 57.8 Å². The molecule has 3 aliphatic heterocycles. The fourth-order valence-electron chi connectivity index (χ4n) is 10.5. The van der Waals surface area contributed by atoms with Gasteiger partial charge in [0.25, 0.3) is 0 Å². The number of ether oxygens (including phenoxy) is 9. The summed E-state index contributed by atoms with van der Waals surface area (Å²) in [7, 11) is 0. The predicted molar refractivity (Wildman–Crippen MR) is 346 cm³/mol. The normalized spacial score (nSPS) is 26.2. The molecule has 3 heterocycles. The lowest BCUT2D eigenvalue weighted by Gasteiger charge is -2.42. The first-order valence-corrected chi connectivity index (χ1v) is 34.1. The molecule has 36 nitrogen and oxygen atoms in total. The van der Waals surface area contributed by atoms with Crippen molar-refractivity contribution in [3.63, 3.8) is 0 Å². The van der Waals surface area contributed by atoms with E-state index in [0.717, 1.165) is 0 Å². The molecule has 99 heavy (non-hydrogen) atoms. The van der Waals surface area contributed by atoms with E-state index in [1.807, 2.05) is 6.92 Å². The number of nitrogens with one attached hydrogen (secondary N) is 9. The lowest BCUT2D eigenvalue weighted by Crippen LogP contribution is -2.64. The predicted octanol–water partition coefficient (Wildman–Crippen LogP) is -6.28. The molecule has 18 N–H and O–H groups in total. The third-order valence-corrected chi connectivity index (χ3v) is 16.2. The zero-order chi connectivity index (χ0) is 73.3. The molecule has 3 saturated heterocycles. The molecule has 0 aromatic rings. The van der Waals surface area contributed by atoms with E-state index in [1.54, 1.807) is 6.92 Å². The summed E-state index contributed by atoms with van der Waals surface area (Å²) in [5, 5.41) is 115. The van der Waals surface area contributed by atoms with Gasteiger partial charge in [-0.15, -0.1) is 0 Å². The number of amides is 9. The average molecular weight is 1430 g/mol. The molecule has 0 aromatic heterocycles. The molecule has 0 saturated carbocycles. The first kappa shape index (κ1) is 87.7. The van der Waals surface area contributed by atoms with Gasteiger partial charge in [-0.25, -0.2) is 0 Å². The standard InChI is InChI=1S/C63H113N9O27/c1-38(14-10-28-96-62-52(72-41(4)78)58(89)55(86)44(34-75)99-62)59(90)69-25-13-24-68-49(83)19-31-93-37-63(5,35-91-29-17-47(81)66-22-11-20-64-45(79)15-6-8-26-94-60-50(70-39(2)76)56(87)53(84)42(32-73)97-60)36-92-30-18-48(82)67-23-12-21-65-46(80)16-7-9-27-95-61-51(71-40(3)77)57(88)54(85)43(33-74)98-61/h38,42-44,50-58,60-62,73-75,84-89H,6-37H2,1-5H3,(H,64,79)(H,65,80)(H,66,81)(H,67,82)(H,68,83)(H,69,90)(H,70,76)(H,71,77)(H,72,78). The summed E-state index contributed by atoms with van der Waals surface area (Å²) in [5.41, 5.74) is -0.793. The van der Waals surface area contributed by atoms with Crippen molar-refractivity contribution in [2.24, 2.45) is 11.3 Å². The summed E-state index contributed by atoms with van der Waals surface area (Å²) in [5.74, 6) is -3.35. The van der Waals surface area contributed by atoms with Gasteiger partial charge in [0, 0.05) is 123 Å². The minimum atomic E-state index is -1.44. The SMILES string of the molecule is CC(=O)NC1C(OCCCCC(=O)NCCCNC(=O)CCOCC(C)(COCCC(=O)NCCCNC(=O)CCCCOC2OC(CO)C(O)C(O)C2NC(C)=O)COCCC(=O)NCCCNC(=O)C(C)CCCOC2OC(CO)C(O)C(O)C2NC(C)=O)OC(CO)C(O)C1O. The number of carbonyl (C=O) groups excluding carboxylic acids is 9. The maximum atomic E-state index is 12.8. The molecule has 36 heteroatoms. The smallest absolute Gasteiger partial charge is 0.222 e. The molecule has 3 fully saturated rings. The van der Waals surface area contributed by atoms with E-state index in [2.05, 4.69) is 47.9 Å². The number of hydrogen-bond acceptors (Lipinski definition) is 27. The van der Waals surface area contributed by atoms with Crippen molar-refractivity contribution in [2.75, 3.05) is 119 Å². The summed E-state index contributed by atoms with van der Waals surface area (Å²) >= 11 is 0. The molecular formula is C63H113N9O27. The third-order valence-electron chi connectivity index (χ3n) is 16.2. The number of aliphatic hydroxyl groups is 9. The molecule has 0 aliphatic carbocycles. The molecule has 3 rings (SSSR count). The van der Waals surface area contributed by atoms with Gasteiger partial charge in [-0.2, -0.15) is 0 Å². The van der Waals surface area contributed by atoms with Crippen molar-refractivity contribution in [3.8, 4) is 0 Å². The topological polar surface area (TPSA) is 527 Å². The number of aliphatic hydroxyl groups excluding tert-OH is 9. The van der Waals surface area contributed by atoms with Crippen LogP contribution in [0.5, 0.6) is 0 Å². The van der Waals surface area contributed by atoms with E-state index < -0.39 is 141 Å². The van der Waals surface area contributed by atoms with Crippen LogP contribution < -0.4 is 47.9 Å². The van der Waals surface area contributed by atoms with Crippen LogP contribution in [0.25, 0.3) is 0 Å². The zero-order valence-electron chi connectivity index (χ0n) is 57.7. The Morgan fingerprint density at radius 1 is 0.384 bits per heavy atom. The second-order valence-electron chi connectivity index (χ2n) is 25.2. The highest BCUT2D eigenvalue weighted by atomic mass is 16.7. The maximum absolute atomic E-state index is 12.8. The van der Waals surface area contributed by atoms with E-state index in [4.69, 9.17) is 42.6 Å². The summed E-state index contributed by atoms with van der Waals surface area (Å²) in [6, 6.07) is -3.22. The van der Waals surface area contributed by atoms with Crippen LogP contribution >= 0.6 is 0 Å². The molecule has 572 valence electrons. The second kappa shape index (κ2) is 49.2. The van der Waals surface area contributed by atoms with Crippen molar-refractivity contribution >= 4 is 53.2 Å². The van der Waals surface area contributed by atoms with E-state index in [-0.39, 0.29) is 153 Å². The fraction of sp³-hybridized carbons (Fsp3) is 0.857. The van der Waals surface area contributed by atoms with Crippen LogP contribution in [0.2, 0.25) is 0 Å². The lowest BCUT2D eigenvalue weighted by molar-refractivity contribution is -0.270. The van der Waals surface area contributed by atoms with Crippen LogP contribution in [0, 0.1) is 11.3 Å². The van der Waals surface area contributed by atoms with Crippen LogP contribution in [0.1, 0.15) is 125 Å². The van der Waals surface area contributed by atoms with E-state index >= 15 is 0 Å². The maximum Gasteiger partial charge on any atom is 0.222 e. The lowest BCUT2D eigenvalue weighted by atomic mass is 9.94. The minimum Gasteiger partial charge on any atom is -0.394 e. The Hall–Kier alpha value is -5.49. The van der Waals surface area contributed by atoms with Gasteiger partial charge in [0.1, 0.15) is 73.1 Å². The van der Waals surface area contributed by atoms with Crippen molar-refractivity contribution < 1.29 is 132 Å². The fourth-order valence-corrected chi connectivity index (χ4v) is 10.5. The number of hydrogen-bond donors (Lipinski definition) is 18. The monoisotopic (exact) mass is 1430 g/mol. The largest absolute Gasteiger partial charge is 0.394 e. The van der Waals surface area contributed by atoms with Gasteiger partial charge in [0.05, 0.1) is 59.5 Å². The molecule has 9 amide bonds. The molecule has 0 bridgehead atoms. The van der Waals surface area contributed by atoms with Crippen molar-refractivity contribution in [1.82, 2.24) is 47.9 Å². The summed E-state index contributed by atoms with van der Waals surface area (Å²) in [6.45, 7) is 7.91. The molecule has 16 atom stereocenters. The quantitative estimate of drug-likeness (QED) is 0.0252. The van der Waals surface area contributed by atoms with Gasteiger partial charge in [0.15, 0.2) is 18.9 Å². The molecule has 3 aliphatic rings. The molecule has 0 spiro atoms. The van der Waals surface area contributed by atoms with Crippen molar-refractivity contribution in [1.29, 1.82) is 0 Å². The first-order valence-electron chi connectivity index (χ1n) is 34.1. The molecule has 16 unspecified atom stereocenters. The van der Waals surface area contributed by atoms with E-state index in [0.29, 0.717) is 70.9 Å². The van der Waals surface area contributed by atoms with E-state index in [9.17, 15) is 89.1 Å². The van der Waals surface area contributed by atoms with Crippen LogP contribution in [-0.2, 0) is 85.8 Å². The number of carbonyl (C=O) groups is 9. The van der Waals surface area contributed by atoms with Crippen LogP contribution in [0.15, 0.2) is 0 Å². The highest BCUT2D eigenvalue weighted by Crippen LogP contribution is 2.26. The van der Waals surface area contributed by atoms with Crippen LogP contribution in [0.4, 0.5) is 0 Å². The van der Waals surface area contributed by atoms with Gasteiger partial charge < -0.3 is 136 Å². The molecule has 0 radical (unpaired) electrons. The van der Waals surface area contributed by atoms with Gasteiger partial charge in [-0.1, -0.05) is 13.8 Å². The minimum absolute atomic E-state index is 0.0155. The van der Waals surface area contributed by atoms with E-state index in [1.165, 1.54) is 20.8 Å². The Morgan fingerprint density at radius 2 is 0.667 bits per heavy atom. The van der Waals surface area contributed by atoms with Crippen molar-refractivity contribution in [3.05, 3.63) is 0 Å². The Bertz CT molecular complexity index is 2290. The Balaban J connectivity index is 1.35. The summed E-state index contributed by atoms with van der Waals surface area (Å²) in [6.07, 6.45) is -11.1. The van der Waals surface area contributed by atoms with Gasteiger partial charge >= 0.3 is 0 Å². The highest BCUT2D eigenvalue weighted by Gasteiger charge is 2.48. The highest BCUT2D eigenvalue weighted by molar-refractivity contribution is 5.79. The summed E-state index contributed by atoms with van der Waals surface area (Å²) in [4.78, 5) is 111. The summed E-state index contributed by atoms with van der Waals surface area (Å²) < 4.78 is 51.5. The first-order chi connectivity index (χ1) is 47.2. The van der Waals surface area contributed by atoms with Crippen LogP contribution in [0.3, 0.4) is 0 Å². The van der Waals surface area contributed by atoms with Crippen LogP contribution in [-0.4, -0.2) is 310 Å². The molecular weight excluding hydrogens is 1310 g/mol. The number of rotatable bonds is 51. The average Bonchev–Trinajstić information content (AvgIpc) is 0.826. The Morgan fingerprint density at radius 3 is 0.960 bits per heavy atom. The Kier molecular flexibility index (Phi) is 43.6. The Labute approximate surface area is 577 Å². The molecule has 0 aromatic carbocycles.